The summed E-state index contributed by atoms with van der Waals surface area (Å²) in [4.78, 5) is 61.3. The first-order chi connectivity index (χ1) is 24.3. The van der Waals surface area contributed by atoms with Crippen molar-refractivity contribution >= 4 is 52.8 Å². The van der Waals surface area contributed by atoms with Crippen molar-refractivity contribution < 1.29 is 42.2 Å². The zero-order valence-corrected chi connectivity index (χ0v) is 27.4. The quantitative estimate of drug-likeness (QED) is 0.0984. The number of carboxylic acid groups (broad SMARTS) is 1. The van der Waals surface area contributed by atoms with Crippen molar-refractivity contribution in [2.75, 3.05) is 23.8 Å². The first-order valence-corrected chi connectivity index (χ1v) is 15.9. The predicted molar refractivity (Wildman–Crippen MR) is 175 cm³/mol. The summed E-state index contributed by atoms with van der Waals surface area (Å²) < 4.78 is 45.1. The lowest BCUT2D eigenvalue weighted by Crippen LogP contribution is -2.42. The van der Waals surface area contributed by atoms with Crippen LogP contribution in [-0.2, 0) is 26.5 Å². The summed E-state index contributed by atoms with van der Waals surface area (Å²) in [5, 5.41) is 24.9. The highest BCUT2D eigenvalue weighted by molar-refractivity contribution is 6.36. The number of carbonyl (C=O) groups excluding carboxylic acids is 3. The average molecular weight is 730 g/mol. The molecule has 5 N–H and O–H groups in total. The van der Waals surface area contributed by atoms with Crippen LogP contribution in [-0.4, -0.2) is 78.8 Å². The van der Waals surface area contributed by atoms with E-state index >= 15 is 0 Å². The van der Waals surface area contributed by atoms with Gasteiger partial charge in [-0.3, -0.25) is 19.1 Å². The van der Waals surface area contributed by atoms with Crippen molar-refractivity contribution in [2.45, 2.75) is 50.0 Å². The number of Topliss-reactive ketones (excluding diaryl/α,β-unsaturated/α-hetero) is 1. The summed E-state index contributed by atoms with van der Waals surface area (Å²) >= 11 is 6.01. The van der Waals surface area contributed by atoms with E-state index in [-0.39, 0.29) is 30.4 Å². The van der Waals surface area contributed by atoms with Crippen LogP contribution in [0.2, 0.25) is 5.02 Å². The number of alkyl halides is 3. The minimum Gasteiger partial charge on any atom is -0.480 e. The summed E-state index contributed by atoms with van der Waals surface area (Å²) in [5.41, 5.74) is 0.699. The van der Waals surface area contributed by atoms with Gasteiger partial charge in [-0.05, 0) is 67.3 Å². The van der Waals surface area contributed by atoms with Gasteiger partial charge in [0.05, 0.1) is 12.1 Å². The molecule has 2 aromatic carbocycles. The number of amides is 2. The largest absolute Gasteiger partial charge is 0.480 e. The van der Waals surface area contributed by atoms with Crippen LogP contribution in [0.4, 0.5) is 30.8 Å². The highest BCUT2D eigenvalue weighted by atomic mass is 35.5. The molecule has 1 aliphatic rings. The van der Waals surface area contributed by atoms with E-state index in [2.05, 4.69) is 41.3 Å². The van der Waals surface area contributed by atoms with Gasteiger partial charge in [0.1, 0.15) is 6.04 Å². The molecular weight excluding hydrogens is 699 g/mol. The SMILES string of the molecule is O=C(CC[C@H](NC(=O)c1ccc(Nc2nc(NC3(c4ccc(Cl)cc4)CC3)nc(OCC(F)(F)F)n2)cc1)C(=O)O)C(=O)NCCn1cccn1. The van der Waals surface area contributed by atoms with Crippen LogP contribution in [0.1, 0.15) is 41.6 Å². The molecule has 2 aromatic heterocycles. The Hall–Kier alpha value is -5.78. The van der Waals surface area contributed by atoms with Crippen LogP contribution >= 0.6 is 11.6 Å². The fourth-order valence-electron chi connectivity index (χ4n) is 4.81. The predicted octanol–water partition coefficient (Wildman–Crippen LogP) is 3.86. The molecule has 1 atom stereocenters. The van der Waals surface area contributed by atoms with Gasteiger partial charge in [0, 0.05) is 41.6 Å². The van der Waals surface area contributed by atoms with Gasteiger partial charge in [-0.25, -0.2) is 4.79 Å². The van der Waals surface area contributed by atoms with Gasteiger partial charge < -0.3 is 31.1 Å². The van der Waals surface area contributed by atoms with Crippen LogP contribution in [0.15, 0.2) is 67.0 Å². The molecule has 0 aliphatic heterocycles. The molecule has 0 saturated heterocycles. The van der Waals surface area contributed by atoms with Gasteiger partial charge in [0.15, 0.2) is 6.61 Å². The van der Waals surface area contributed by atoms with Gasteiger partial charge in [-0.15, -0.1) is 0 Å². The molecule has 2 amide bonds. The molecule has 1 fully saturated rings. The van der Waals surface area contributed by atoms with Crippen molar-refractivity contribution in [1.29, 1.82) is 0 Å². The van der Waals surface area contributed by atoms with Crippen molar-refractivity contribution in [1.82, 2.24) is 35.4 Å². The van der Waals surface area contributed by atoms with E-state index in [9.17, 15) is 37.5 Å². The first kappa shape index (κ1) is 36.5. The van der Waals surface area contributed by atoms with Gasteiger partial charge in [-0.1, -0.05) is 23.7 Å². The lowest BCUT2D eigenvalue weighted by atomic mass is 10.1. The van der Waals surface area contributed by atoms with E-state index in [4.69, 9.17) is 16.3 Å². The number of nitrogens with one attached hydrogen (secondary N) is 4. The van der Waals surface area contributed by atoms with Crippen LogP contribution in [0.5, 0.6) is 6.01 Å². The molecule has 0 radical (unpaired) electrons. The third kappa shape index (κ3) is 10.6. The number of aliphatic carboxylic acids is 1. The Kier molecular flexibility index (Phi) is 11.3. The van der Waals surface area contributed by atoms with E-state index in [0.29, 0.717) is 30.1 Å². The maximum Gasteiger partial charge on any atom is 0.422 e. The third-order valence-corrected chi connectivity index (χ3v) is 7.84. The van der Waals surface area contributed by atoms with Gasteiger partial charge in [0.2, 0.25) is 17.7 Å². The number of carboxylic acids is 1. The number of hydrogen-bond acceptors (Lipinski definition) is 11. The number of nitrogens with zero attached hydrogens (tertiary/aromatic N) is 5. The minimum absolute atomic E-state index is 0.0435. The van der Waals surface area contributed by atoms with E-state index in [1.807, 2.05) is 12.1 Å². The summed E-state index contributed by atoms with van der Waals surface area (Å²) in [5.74, 6) is -4.09. The molecule has 0 bridgehead atoms. The van der Waals surface area contributed by atoms with Crippen molar-refractivity contribution in [3.63, 3.8) is 0 Å². The maximum atomic E-state index is 12.9. The summed E-state index contributed by atoms with van der Waals surface area (Å²) in [7, 11) is 0. The highest BCUT2D eigenvalue weighted by Gasteiger charge is 2.45. The van der Waals surface area contributed by atoms with Crippen molar-refractivity contribution in [2.24, 2.45) is 0 Å². The molecule has 19 heteroatoms. The fourth-order valence-corrected chi connectivity index (χ4v) is 4.94. The summed E-state index contributed by atoms with van der Waals surface area (Å²) in [6.45, 7) is -1.15. The number of aromatic nitrogens is 5. The second-order valence-corrected chi connectivity index (χ2v) is 11.9. The second-order valence-electron chi connectivity index (χ2n) is 11.4. The topological polar surface area (TPSA) is 202 Å². The standard InChI is InChI=1S/C32H31ClF3N9O6/c33-21-6-4-20(5-7-21)31(12-13-31)44-29-41-28(42-30(43-29)51-18-32(34,35)36)39-22-8-2-19(3-9-22)25(47)40-23(27(49)50)10-11-24(46)26(48)37-15-17-45-16-1-14-38-45/h1-9,14,16,23H,10-13,15,17-18H2,(H,37,48)(H,40,47)(H,49,50)(H2,39,41,42,43,44)/t23-/m0/s1. The second kappa shape index (κ2) is 15.8. The van der Waals surface area contributed by atoms with Crippen molar-refractivity contribution in [3.8, 4) is 6.01 Å². The number of rotatable bonds is 17. The molecule has 5 rings (SSSR count). The molecule has 0 spiro atoms. The van der Waals surface area contributed by atoms with Crippen LogP contribution in [0.25, 0.3) is 0 Å². The molecule has 51 heavy (non-hydrogen) atoms. The molecule has 1 aliphatic carbocycles. The Morgan fingerprint density at radius 2 is 1.71 bits per heavy atom. The zero-order valence-electron chi connectivity index (χ0n) is 26.6. The monoisotopic (exact) mass is 729 g/mol. The smallest absolute Gasteiger partial charge is 0.422 e. The fraction of sp³-hybridized carbons (Fsp3) is 0.312. The molecule has 0 unspecified atom stereocenters. The average Bonchev–Trinajstić information content (AvgIpc) is 3.67. The van der Waals surface area contributed by atoms with E-state index in [1.54, 1.807) is 35.3 Å². The third-order valence-electron chi connectivity index (χ3n) is 7.58. The lowest BCUT2D eigenvalue weighted by Gasteiger charge is -2.19. The molecule has 2 heterocycles. The minimum atomic E-state index is -4.64. The molecule has 15 nitrogen and oxygen atoms in total. The van der Waals surface area contributed by atoms with Gasteiger partial charge >= 0.3 is 18.2 Å². The Bertz CT molecular complexity index is 1860. The lowest BCUT2D eigenvalue weighted by molar-refractivity contribution is -0.154. The van der Waals surface area contributed by atoms with Gasteiger partial charge in [-0.2, -0.15) is 33.2 Å². The Balaban J connectivity index is 1.20. The number of benzene rings is 2. The number of hydrogen-bond donors (Lipinski definition) is 5. The molecular formula is C32H31ClF3N9O6. The summed E-state index contributed by atoms with van der Waals surface area (Å²) in [6, 6.07) is 12.3. The van der Waals surface area contributed by atoms with Crippen molar-refractivity contribution in [3.05, 3.63) is 83.1 Å². The normalized spacial score (nSPS) is 13.8. The van der Waals surface area contributed by atoms with E-state index in [1.165, 1.54) is 24.3 Å². The number of carbonyl (C=O) groups is 4. The Labute approximate surface area is 293 Å². The summed E-state index contributed by atoms with van der Waals surface area (Å²) in [6.07, 6.45) is -0.746. The number of ketones is 1. The molecule has 268 valence electrons. The van der Waals surface area contributed by atoms with Crippen LogP contribution in [0, 0.1) is 0 Å². The molecule has 4 aromatic rings. The van der Waals surface area contributed by atoms with E-state index in [0.717, 1.165) is 5.56 Å². The van der Waals surface area contributed by atoms with Crippen LogP contribution in [0.3, 0.4) is 0 Å². The number of ether oxygens (including phenoxy) is 1. The zero-order chi connectivity index (χ0) is 36.6. The number of halogens is 4. The molecule has 1 saturated carbocycles. The number of anilines is 3. The van der Waals surface area contributed by atoms with Gasteiger partial charge in [0.25, 0.3) is 11.8 Å². The maximum absolute atomic E-state index is 12.9. The Morgan fingerprint density at radius 1 is 1.00 bits per heavy atom. The first-order valence-electron chi connectivity index (χ1n) is 15.5. The Morgan fingerprint density at radius 3 is 2.33 bits per heavy atom. The highest BCUT2D eigenvalue weighted by Crippen LogP contribution is 2.48. The van der Waals surface area contributed by atoms with E-state index < -0.39 is 60.4 Å². The van der Waals surface area contributed by atoms with Crippen LogP contribution < -0.4 is 26.0 Å².